The number of rotatable bonds is 16. The third-order valence-electron chi connectivity index (χ3n) is 12.3. The van der Waals surface area contributed by atoms with E-state index in [1.54, 1.807) is 34.0 Å². The Hall–Kier alpha value is -6.88. The summed E-state index contributed by atoms with van der Waals surface area (Å²) in [6, 6.07) is -0.737. The average Bonchev–Trinajstić information content (AvgIpc) is 3.31. The average molecular weight is 1010 g/mol. The Bertz CT molecular complexity index is 2130. The number of aliphatic carboxylic acids is 2. The Morgan fingerprint density at radius 2 is 1.43 bits per heavy atom. The van der Waals surface area contributed by atoms with Crippen LogP contribution in [0.2, 0.25) is 0 Å². The number of carbonyl (C=O) groups excluding carboxylic acids is 7. The first kappa shape index (κ1) is 61.2. The van der Waals surface area contributed by atoms with Gasteiger partial charge in [-0.1, -0.05) is 88.8 Å². The maximum atomic E-state index is 14.4. The second kappa shape index (κ2) is 30.1. The molecule has 23 heteroatoms. The van der Waals surface area contributed by atoms with Crippen molar-refractivity contribution in [3.8, 4) is 0 Å². The summed E-state index contributed by atoms with van der Waals surface area (Å²) >= 11 is 0. The fraction of sp³-hybridized carbons (Fsp3) is 0.592. The van der Waals surface area contributed by atoms with Crippen LogP contribution >= 0.6 is 0 Å². The van der Waals surface area contributed by atoms with Crippen LogP contribution in [0.25, 0.3) is 0 Å². The minimum absolute atomic E-state index is 0.0152. The topological polar surface area (TPSA) is 363 Å². The van der Waals surface area contributed by atoms with Crippen LogP contribution in [0.4, 0.5) is 0 Å². The number of hydrogen-bond acceptors (Lipinski definition) is 12. The molecule has 1 heterocycles. The molecule has 72 heavy (non-hydrogen) atoms. The van der Waals surface area contributed by atoms with Crippen LogP contribution in [0.1, 0.15) is 86.1 Å². The van der Waals surface area contributed by atoms with E-state index in [0.29, 0.717) is 12.0 Å². The van der Waals surface area contributed by atoms with Crippen LogP contribution in [-0.2, 0) is 54.3 Å². The highest BCUT2D eigenvalue weighted by atomic mass is 16.5. The summed E-state index contributed by atoms with van der Waals surface area (Å²) < 4.78 is 5.81. The third kappa shape index (κ3) is 20.1. The summed E-state index contributed by atoms with van der Waals surface area (Å²) in [6.07, 6.45) is 4.48. The number of nitrogens with two attached hydrogens (primary N) is 2. The van der Waals surface area contributed by atoms with E-state index >= 15 is 0 Å². The third-order valence-corrected chi connectivity index (χ3v) is 12.3. The number of nitrogens with one attached hydrogen (secondary N) is 6. The molecule has 1 aliphatic rings. The Balaban J connectivity index is 2.75. The first-order valence-corrected chi connectivity index (χ1v) is 23.9. The van der Waals surface area contributed by atoms with Gasteiger partial charge in [-0.25, -0.2) is 9.59 Å². The van der Waals surface area contributed by atoms with Gasteiger partial charge in [-0.05, 0) is 57.4 Å². The van der Waals surface area contributed by atoms with E-state index in [2.05, 4.69) is 36.9 Å². The van der Waals surface area contributed by atoms with Gasteiger partial charge in [0.1, 0.15) is 36.3 Å². The largest absolute Gasteiger partial charge is 0.480 e. The zero-order chi connectivity index (χ0) is 54.4. The van der Waals surface area contributed by atoms with Crippen molar-refractivity contribution in [1.29, 1.82) is 0 Å². The predicted octanol–water partition coefficient (Wildman–Crippen LogP) is -0.534. The van der Waals surface area contributed by atoms with Crippen molar-refractivity contribution in [2.24, 2.45) is 40.1 Å². The maximum Gasteiger partial charge on any atom is 0.327 e. The lowest BCUT2D eigenvalue weighted by Gasteiger charge is -2.29. The summed E-state index contributed by atoms with van der Waals surface area (Å²) in [5, 5.41) is 45.6. The van der Waals surface area contributed by atoms with Gasteiger partial charge in [-0.3, -0.25) is 38.6 Å². The fourth-order valence-corrected chi connectivity index (χ4v) is 7.75. The number of amides is 7. The molecule has 0 aromatic heterocycles. The Kier molecular flexibility index (Phi) is 25.6. The van der Waals surface area contributed by atoms with E-state index < -0.39 is 127 Å². The number of allylic oxidation sites excluding steroid dienone is 2. The number of carboxylic acid groups (broad SMARTS) is 2. The molecular formula is C49H76N10O13. The second-order valence-corrected chi connectivity index (χ2v) is 18.6. The molecule has 0 bridgehead atoms. The molecule has 1 aromatic rings. The van der Waals surface area contributed by atoms with Crippen molar-refractivity contribution >= 4 is 59.2 Å². The number of methoxy groups -OCH3 is 1. The molecule has 0 saturated carbocycles. The van der Waals surface area contributed by atoms with Crippen LogP contribution in [-0.4, -0.2) is 155 Å². The molecule has 2 rings (SSSR count). The SMILES string of the molecule is CO[C@@H](Cc1ccccc1)[C@@H](C)/C=C(C)/C=C/[C@@H]1NC(=O)[C@H](CCCN=C(N)N)NC(=O)[C@@H](C)[C@H](C(=O)O)NC(=O)[C@H](CC(C)C)NC(=O)[C@@H](C)NC(=O)[C@H](CO)N(C)C(=O)CC[C@H](C(=O)O)NC(=O)[C@H]1C. The van der Waals surface area contributed by atoms with Gasteiger partial charge in [-0.15, -0.1) is 0 Å². The highest BCUT2D eigenvalue weighted by Crippen LogP contribution is 2.19. The number of aliphatic hydroxyl groups excluding tert-OH is 1. The van der Waals surface area contributed by atoms with Crippen LogP contribution in [0.3, 0.4) is 0 Å². The smallest absolute Gasteiger partial charge is 0.327 e. The fourth-order valence-electron chi connectivity index (χ4n) is 7.75. The van der Waals surface area contributed by atoms with E-state index in [0.717, 1.165) is 10.5 Å². The summed E-state index contributed by atoms with van der Waals surface area (Å²) in [5.74, 6) is -12.8. The number of likely N-dealkylation sites (N-methyl/N-ethyl adjacent to an activating group) is 1. The zero-order valence-electron chi connectivity index (χ0n) is 42.7. The number of aliphatic hydroxyl groups is 1. The van der Waals surface area contributed by atoms with Crippen molar-refractivity contribution in [1.82, 2.24) is 36.8 Å². The van der Waals surface area contributed by atoms with Crippen molar-refractivity contribution < 1.29 is 63.2 Å². The van der Waals surface area contributed by atoms with Crippen molar-refractivity contribution in [3.63, 3.8) is 0 Å². The first-order chi connectivity index (χ1) is 33.8. The summed E-state index contributed by atoms with van der Waals surface area (Å²) in [6.45, 7) is 10.2. The molecule has 13 N–H and O–H groups in total. The van der Waals surface area contributed by atoms with E-state index in [9.17, 15) is 58.5 Å². The Morgan fingerprint density at radius 1 is 0.819 bits per heavy atom. The highest BCUT2D eigenvalue weighted by Gasteiger charge is 2.38. The van der Waals surface area contributed by atoms with E-state index in [1.807, 2.05) is 43.3 Å². The standard InChI is InChI=1S/C49H76N10O13/c1-26(2)22-36-45(66)58-40(48(70)71)30(6)42(63)55-34(16-13-21-52-49(50)51)44(65)54-33(18-17-27(3)23-28(4)38(72-9)24-32-14-11-10-12-15-32)29(5)41(62)56-35(47(68)69)19-20-39(61)59(8)37(25-60)46(67)53-31(7)43(64)57-36/h10-12,14-15,17-18,23,26,28-31,33-38,40,60H,13,16,19-22,24-25H2,1-9H3,(H,53,67)(H,54,65)(H,55,63)(H,56,62)(H,57,64)(H,58,66)(H,68,69)(H,70,71)(H4,50,51,52)/b18-17+,27-23+/t28-,29-,30-,31+,33-,34-,35+,36-,37-,38-,40+/m0/s1. The van der Waals surface area contributed by atoms with Crippen molar-refractivity contribution in [2.75, 3.05) is 27.3 Å². The van der Waals surface area contributed by atoms with Crippen molar-refractivity contribution in [3.05, 3.63) is 59.7 Å². The number of aliphatic imine (C=N–C) groups is 1. The van der Waals surface area contributed by atoms with Gasteiger partial charge < -0.3 is 68.3 Å². The molecule has 23 nitrogen and oxygen atoms in total. The lowest BCUT2D eigenvalue weighted by Crippen LogP contribution is -2.59. The van der Waals surface area contributed by atoms with E-state index in [1.165, 1.54) is 33.9 Å². The first-order valence-electron chi connectivity index (χ1n) is 23.9. The zero-order valence-corrected chi connectivity index (χ0v) is 42.7. The molecular weight excluding hydrogens is 937 g/mol. The van der Waals surface area contributed by atoms with Gasteiger partial charge in [0.15, 0.2) is 5.96 Å². The number of ether oxygens (including phenoxy) is 1. The number of carboxylic acids is 2. The van der Waals surface area contributed by atoms with E-state index in [-0.39, 0.29) is 49.7 Å². The molecule has 11 atom stereocenters. The quantitative estimate of drug-likeness (QED) is 0.0429. The van der Waals surface area contributed by atoms with Crippen LogP contribution in [0.15, 0.2) is 59.1 Å². The van der Waals surface area contributed by atoms with Gasteiger partial charge in [0.2, 0.25) is 41.4 Å². The minimum Gasteiger partial charge on any atom is -0.480 e. The number of guanidine groups is 1. The number of benzene rings is 1. The predicted molar refractivity (Wildman–Crippen MR) is 266 cm³/mol. The molecule has 1 saturated heterocycles. The van der Waals surface area contributed by atoms with Gasteiger partial charge in [-0.2, -0.15) is 0 Å². The van der Waals surface area contributed by atoms with Crippen LogP contribution in [0.5, 0.6) is 0 Å². The molecule has 0 unspecified atom stereocenters. The molecule has 400 valence electrons. The molecule has 7 amide bonds. The summed E-state index contributed by atoms with van der Waals surface area (Å²) in [7, 11) is 2.79. The second-order valence-electron chi connectivity index (χ2n) is 18.6. The molecule has 0 aliphatic carbocycles. The van der Waals surface area contributed by atoms with Gasteiger partial charge in [0.25, 0.3) is 0 Å². The van der Waals surface area contributed by atoms with Crippen molar-refractivity contribution in [2.45, 2.75) is 135 Å². The Morgan fingerprint density at radius 3 is 2.00 bits per heavy atom. The molecule has 1 fully saturated rings. The van der Waals surface area contributed by atoms with Crippen LogP contribution in [0, 0.1) is 23.7 Å². The van der Waals surface area contributed by atoms with Gasteiger partial charge in [0, 0.05) is 33.0 Å². The lowest BCUT2D eigenvalue weighted by molar-refractivity contribution is -0.146. The van der Waals surface area contributed by atoms with Gasteiger partial charge in [0.05, 0.1) is 30.6 Å². The maximum absolute atomic E-state index is 14.4. The minimum atomic E-state index is -1.90. The molecule has 0 spiro atoms. The number of nitrogens with zero attached hydrogens (tertiary/aromatic N) is 2. The molecule has 0 radical (unpaired) electrons. The van der Waals surface area contributed by atoms with Crippen LogP contribution < -0.4 is 43.4 Å². The summed E-state index contributed by atoms with van der Waals surface area (Å²) in [5.41, 5.74) is 12.8. The highest BCUT2D eigenvalue weighted by molar-refractivity contribution is 5.97. The molecule has 1 aromatic carbocycles. The normalized spacial score (nSPS) is 26.2. The number of hydrogen-bond donors (Lipinski definition) is 11. The summed E-state index contributed by atoms with van der Waals surface area (Å²) in [4.78, 5) is 126. The van der Waals surface area contributed by atoms with Gasteiger partial charge >= 0.3 is 11.9 Å². The Labute approximate surface area is 420 Å². The van der Waals surface area contributed by atoms with E-state index in [4.69, 9.17) is 16.2 Å². The number of carbonyl (C=O) groups is 9. The lowest BCUT2D eigenvalue weighted by atomic mass is 9.94. The molecule has 1 aliphatic heterocycles. The monoisotopic (exact) mass is 1010 g/mol.